The van der Waals surface area contributed by atoms with Gasteiger partial charge in [-0.2, -0.15) is 13.2 Å². The highest BCUT2D eigenvalue weighted by atomic mass is 35.5. The Morgan fingerprint density at radius 3 is 2.77 bits per heavy atom. The summed E-state index contributed by atoms with van der Waals surface area (Å²) in [4.78, 5) is 23.5. The number of carbonyl (C=O) groups excluding carboxylic acids is 1. The number of fused-ring (bicyclic) bond motifs is 1. The van der Waals surface area contributed by atoms with Crippen LogP contribution < -0.4 is 10.1 Å². The SMILES string of the molecule is C=CCN1CCCC[C@@H](n2c(NC(=O)c3ccnc(C(F)(F)F)c3)nc3ccc(OC4CCOCC4)c(Cl)c32)C1. The van der Waals surface area contributed by atoms with Crippen LogP contribution in [-0.4, -0.2) is 64.3 Å². The highest BCUT2D eigenvalue weighted by Crippen LogP contribution is 2.39. The predicted octanol–water partition coefficient (Wildman–Crippen LogP) is 6.13. The molecule has 0 radical (unpaired) electrons. The number of likely N-dealkylation sites (tertiary alicyclic amines) is 1. The molecule has 0 bridgehead atoms. The number of rotatable bonds is 7. The summed E-state index contributed by atoms with van der Waals surface area (Å²) < 4.78 is 53.3. The number of aromatic nitrogens is 3. The number of carbonyl (C=O) groups is 1. The van der Waals surface area contributed by atoms with Gasteiger partial charge in [-0.25, -0.2) is 4.98 Å². The van der Waals surface area contributed by atoms with Crippen molar-refractivity contribution in [2.45, 2.75) is 50.4 Å². The molecule has 5 rings (SSSR count). The third-order valence-electron chi connectivity index (χ3n) is 7.24. The van der Waals surface area contributed by atoms with Crippen LogP contribution in [-0.2, 0) is 10.9 Å². The molecule has 2 aromatic heterocycles. The number of nitrogens with one attached hydrogen (secondary N) is 1. The number of imidazole rings is 1. The van der Waals surface area contributed by atoms with E-state index in [1.807, 2.05) is 10.6 Å². The first kappa shape index (κ1) is 28.4. The lowest BCUT2D eigenvalue weighted by atomic mass is 10.1. The van der Waals surface area contributed by atoms with Gasteiger partial charge in [0, 0.05) is 43.7 Å². The Labute approximate surface area is 235 Å². The average Bonchev–Trinajstić information content (AvgIpc) is 3.14. The van der Waals surface area contributed by atoms with Gasteiger partial charge < -0.3 is 14.0 Å². The zero-order valence-electron chi connectivity index (χ0n) is 21.9. The van der Waals surface area contributed by atoms with Gasteiger partial charge >= 0.3 is 6.18 Å². The maximum absolute atomic E-state index is 13.2. The minimum absolute atomic E-state index is 0.0327. The second-order valence-corrected chi connectivity index (χ2v) is 10.4. The van der Waals surface area contributed by atoms with Crippen LogP contribution >= 0.6 is 11.6 Å². The third-order valence-corrected chi connectivity index (χ3v) is 7.60. The highest BCUT2D eigenvalue weighted by Gasteiger charge is 2.33. The number of amides is 1. The zero-order chi connectivity index (χ0) is 28.3. The summed E-state index contributed by atoms with van der Waals surface area (Å²) in [5.41, 5.74) is -0.164. The van der Waals surface area contributed by atoms with Crippen LogP contribution in [0.2, 0.25) is 5.02 Å². The van der Waals surface area contributed by atoms with Gasteiger partial charge in [-0.3, -0.25) is 20.0 Å². The molecule has 12 heteroatoms. The molecule has 8 nitrogen and oxygen atoms in total. The molecule has 214 valence electrons. The van der Waals surface area contributed by atoms with Gasteiger partial charge in [-0.05, 0) is 43.7 Å². The predicted molar refractivity (Wildman–Crippen MR) is 146 cm³/mol. The standard InChI is InChI=1S/C28H31ClF3N5O3/c1-2-12-36-13-4-3-5-19(17-36)37-25-21(6-7-22(24(25)29)40-20-9-14-39-15-10-20)34-27(37)35-26(38)18-8-11-33-23(16-18)28(30,31)32/h2,6-8,11,16,19-20H,1,3-5,9-10,12-15,17H2,(H,34,35,38)/t19-/m1/s1. The molecule has 1 N–H and O–H groups in total. The maximum Gasteiger partial charge on any atom is 0.433 e. The van der Waals surface area contributed by atoms with Crippen LogP contribution in [0.4, 0.5) is 19.1 Å². The Morgan fingerprint density at radius 2 is 2.02 bits per heavy atom. The van der Waals surface area contributed by atoms with Crippen LogP contribution in [0.25, 0.3) is 11.0 Å². The van der Waals surface area contributed by atoms with E-state index in [0.717, 1.165) is 50.9 Å². The zero-order valence-corrected chi connectivity index (χ0v) is 22.7. The van der Waals surface area contributed by atoms with E-state index >= 15 is 0 Å². The summed E-state index contributed by atoms with van der Waals surface area (Å²) in [5, 5.41) is 3.13. The number of pyridine rings is 1. The van der Waals surface area contributed by atoms with Crippen molar-refractivity contribution in [3.8, 4) is 5.75 Å². The van der Waals surface area contributed by atoms with Crippen molar-refractivity contribution in [3.63, 3.8) is 0 Å². The van der Waals surface area contributed by atoms with Crippen LogP contribution in [0.1, 0.15) is 54.2 Å². The molecule has 2 aliphatic rings. The molecule has 1 aromatic carbocycles. The summed E-state index contributed by atoms with van der Waals surface area (Å²) in [6, 6.07) is 5.41. The van der Waals surface area contributed by atoms with E-state index in [0.29, 0.717) is 48.1 Å². The van der Waals surface area contributed by atoms with E-state index < -0.39 is 17.8 Å². The Bertz CT molecular complexity index is 1370. The first-order valence-electron chi connectivity index (χ1n) is 13.4. The molecule has 4 heterocycles. The number of nitrogens with zero attached hydrogens (tertiary/aromatic N) is 4. The second kappa shape index (κ2) is 12.2. The van der Waals surface area contributed by atoms with Crippen molar-refractivity contribution in [2.24, 2.45) is 0 Å². The highest BCUT2D eigenvalue weighted by molar-refractivity contribution is 6.36. The largest absolute Gasteiger partial charge is 0.489 e. The molecule has 1 atom stereocenters. The van der Waals surface area contributed by atoms with Gasteiger partial charge in [0.05, 0.1) is 24.2 Å². The van der Waals surface area contributed by atoms with Gasteiger partial charge in [0.1, 0.15) is 22.6 Å². The second-order valence-electron chi connectivity index (χ2n) is 10.1. The summed E-state index contributed by atoms with van der Waals surface area (Å²) in [6.45, 7) is 7.37. The van der Waals surface area contributed by atoms with Gasteiger partial charge in [0.2, 0.25) is 5.95 Å². The summed E-state index contributed by atoms with van der Waals surface area (Å²) in [5.74, 6) is -0.00242. The molecule has 0 aliphatic carbocycles. The molecule has 2 fully saturated rings. The number of halogens is 4. The Balaban J connectivity index is 1.55. The van der Waals surface area contributed by atoms with E-state index in [-0.39, 0.29) is 23.7 Å². The van der Waals surface area contributed by atoms with Crippen LogP contribution in [0.15, 0.2) is 43.1 Å². The van der Waals surface area contributed by atoms with Crippen LogP contribution in [0, 0.1) is 0 Å². The summed E-state index contributed by atoms with van der Waals surface area (Å²) in [6.07, 6.45) is 2.36. The Kier molecular flexibility index (Phi) is 8.62. The molecule has 1 amide bonds. The Morgan fingerprint density at radius 1 is 1.23 bits per heavy atom. The number of hydrogen-bond acceptors (Lipinski definition) is 6. The number of benzene rings is 1. The lowest BCUT2D eigenvalue weighted by Gasteiger charge is -2.27. The number of alkyl halides is 3. The van der Waals surface area contributed by atoms with Crippen molar-refractivity contribution in [3.05, 3.63) is 59.4 Å². The fourth-order valence-corrected chi connectivity index (χ4v) is 5.59. The lowest BCUT2D eigenvalue weighted by Crippen LogP contribution is -2.31. The molecule has 0 spiro atoms. The Hall–Kier alpha value is -3.15. The third kappa shape index (κ3) is 6.26. The topological polar surface area (TPSA) is 81.5 Å². The van der Waals surface area contributed by atoms with Crippen molar-refractivity contribution in [1.29, 1.82) is 0 Å². The van der Waals surface area contributed by atoms with Crippen molar-refractivity contribution >= 4 is 34.5 Å². The van der Waals surface area contributed by atoms with E-state index in [1.54, 1.807) is 12.1 Å². The summed E-state index contributed by atoms with van der Waals surface area (Å²) >= 11 is 6.97. The van der Waals surface area contributed by atoms with Crippen LogP contribution in [0.5, 0.6) is 5.75 Å². The van der Waals surface area contributed by atoms with E-state index in [9.17, 15) is 18.0 Å². The summed E-state index contributed by atoms with van der Waals surface area (Å²) in [7, 11) is 0. The van der Waals surface area contributed by atoms with E-state index in [4.69, 9.17) is 21.1 Å². The van der Waals surface area contributed by atoms with Gasteiger partial charge in [-0.15, -0.1) is 6.58 Å². The molecule has 0 unspecified atom stereocenters. The fourth-order valence-electron chi connectivity index (χ4n) is 5.29. The molecular formula is C28H31ClF3N5O3. The molecular weight excluding hydrogens is 547 g/mol. The molecule has 2 saturated heterocycles. The first-order valence-corrected chi connectivity index (χ1v) is 13.7. The van der Waals surface area contributed by atoms with Crippen molar-refractivity contribution in [1.82, 2.24) is 19.4 Å². The van der Waals surface area contributed by atoms with Gasteiger partial charge in [0.15, 0.2) is 0 Å². The van der Waals surface area contributed by atoms with Crippen molar-refractivity contribution in [2.75, 3.05) is 38.2 Å². The molecule has 0 saturated carbocycles. The van der Waals surface area contributed by atoms with Gasteiger partial charge in [-0.1, -0.05) is 24.1 Å². The number of ether oxygens (including phenoxy) is 2. The van der Waals surface area contributed by atoms with Crippen molar-refractivity contribution < 1.29 is 27.4 Å². The molecule has 40 heavy (non-hydrogen) atoms. The normalized spacial score (nSPS) is 19.4. The van der Waals surface area contributed by atoms with Crippen LogP contribution in [0.3, 0.4) is 0 Å². The molecule has 2 aliphatic heterocycles. The van der Waals surface area contributed by atoms with E-state index in [2.05, 4.69) is 26.8 Å². The fraction of sp³-hybridized carbons (Fsp3) is 0.464. The minimum Gasteiger partial charge on any atom is -0.489 e. The van der Waals surface area contributed by atoms with Gasteiger partial charge in [0.25, 0.3) is 5.91 Å². The monoisotopic (exact) mass is 577 g/mol. The van der Waals surface area contributed by atoms with E-state index in [1.165, 1.54) is 6.07 Å². The number of hydrogen-bond donors (Lipinski definition) is 1. The number of anilines is 1. The average molecular weight is 578 g/mol. The quantitative estimate of drug-likeness (QED) is 0.340. The smallest absolute Gasteiger partial charge is 0.433 e. The lowest BCUT2D eigenvalue weighted by molar-refractivity contribution is -0.141. The maximum atomic E-state index is 13.2. The molecule has 3 aromatic rings. The minimum atomic E-state index is -4.67. The first-order chi connectivity index (χ1) is 19.2.